The van der Waals surface area contributed by atoms with Gasteiger partial charge in [0.15, 0.2) is 0 Å². The second-order valence-electron chi connectivity index (χ2n) is 5.99. The Kier molecular flexibility index (Phi) is 3.02. The van der Waals surface area contributed by atoms with Gasteiger partial charge in [-0.15, -0.1) is 0 Å². The molecule has 2 aliphatic rings. The summed E-state index contributed by atoms with van der Waals surface area (Å²) in [6.07, 6.45) is 13.8. The minimum Gasteiger partial charge on any atom is -0.264 e. The number of nitrogens with zero attached hydrogens (tertiary/aromatic N) is 2. The molecule has 102 valence electrons. The maximum Gasteiger partial charge on any atom is 0.0445 e. The van der Waals surface area contributed by atoms with Crippen molar-refractivity contribution in [3.05, 3.63) is 47.0 Å². The first kappa shape index (κ1) is 12.1. The molecule has 0 aromatic carbocycles. The fourth-order valence-corrected chi connectivity index (χ4v) is 3.77. The third kappa shape index (κ3) is 1.94. The molecule has 0 N–H and O–H groups in total. The molecule has 0 spiro atoms. The van der Waals surface area contributed by atoms with Crippen LogP contribution in [0.3, 0.4) is 0 Å². The van der Waals surface area contributed by atoms with Gasteiger partial charge in [-0.25, -0.2) is 0 Å². The summed E-state index contributed by atoms with van der Waals surface area (Å²) in [5.41, 5.74) is 8.56. The SMILES string of the molecule is c1cncc(-c2c3c(nc4c2CCCC4)CCCC3)c1. The van der Waals surface area contributed by atoms with Crippen LogP contribution in [-0.2, 0) is 25.7 Å². The molecule has 0 radical (unpaired) electrons. The first-order chi connectivity index (χ1) is 9.93. The van der Waals surface area contributed by atoms with Crippen LogP contribution in [0.5, 0.6) is 0 Å². The van der Waals surface area contributed by atoms with Crippen LogP contribution in [0, 0.1) is 0 Å². The summed E-state index contributed by atoms with van der Waals surface area (Å²) < 4.78 is 0. The second-order valence-corrected chi connectivity index (χ2v) is 5.99. The van der Waals surface area contributed by atoms with Crippen LogP contribution in [0.4, 0.5) is 0 Å². The zero-order valence-electron chi connectivity index (χ0n) is 11.9. The first-order valence-electron chi connectivity index (χ1n) is 7.87. The van der Waals surface area contributed by atoms with Crippen LogP contribution < -0.4 is 0 Å². The van der Waals surface area contributed by atoms with Gasteiger partial charge in [0.25, 0.3) is 0 Å². The maximum absolute atomic E-state index is 5.02. The molecule has 0 unspecified atom stereocenters. The van der Waals surface area contributed by atoms with E-state index in [9.17, 15) is 0 Å². The number of fused-ring (bicyclic) bond motifs is 2. The van der Waals surface area contributed by atoms with Crippen molar-refractivity contribution in [1.29, 1.82) is 0 Å². The molecule has 2 aromatic heterocycles. The van der Waals surface area contributed by atoms with Crippen molar-refractivity contribution in [1.82, 2.24) is 9.97 Å². The van der Waals surface area contributed by atoms with Crippen molar-refractivity contribution in [2.45, 2.75) is 51.4 Å². The maximum atomic E-state index is 5.02. The highest BCUT2D eigenvalue weighted by Crippen LogP contribution is 2.37. The topological polar surface area (TPSA) is 25.8 Å². The lowest BCUT2D eigenvalue weighted by Crippen LogP contribution is -2.15. The van der Waals surface area contributed by atoms with Crippen LogP contribution >= 0.6 is 0 Å². The van der Waals surface area contributed by atoms with Gasteiger partial charge in [0.05, 0.1) is 0 Å². The van der Waals surface area contributed by atoms with E-state index < -0.39 is 0 Å². The van der Waals surface area contributed by atoms with Gasteiger partial charge in [-0.05, 0) is 74.1 Å². The minimum atomic E-state index is 1.16. The van der Waals surface area contributed by atoms with E-state index in [1.54, 1.807) is 0 Å². The molecule has 0 aliphatic heterocycles. The molecule has 0 saturated carbocycles. The zero-order chi connectivity index (χ0) is 13.4. The number of hydrogen-bond donors (Lipinski definition) is 0. The second kappa shape index (κ2) is 5.01. The van der Waals surface area contributed by atoms with Crippen LogP contribution in [0.2, 0.25) is 0 Å². The van der Waals surface area contributed by atoms with Gasteiger partial charge in [-0.2, -0.15) is 0 Å². The third-order valence-corrected chi connectivity index (χ3v) is 4.70. The lowest BCUT2D eigenvalue weighted by molar-refractivity contribution is 0.629. The normalized spacial score (nSPS) is 17.4. The van der Waals surface area contributed by atoms with E-state index in [2.05, 4.69) is 17.1 Å². The average molecular weight is 264 g/mol. The number of hydrogen-bond acceptors (Lipinski definition) is 2. The molecular weight excluding hydrogens is 244 g/mol. The fourth-order valence-electron chi connectivity index (χ4n) is 3.77. The number of pyridine rings is 2. The van der Waals surface area contributed by atoms with Gasteiger partial charge in [0.1, 0.15) is 0 Å². The van der Waals surface area contributed by atoms with Crippen LogP contribution in [-0.4, -0.2) is 9.97 Å². The predicted octanol–water partition coefficient (Wildman–Crippen LogP) is 3.90. The monoisotopic (exact) mass is 264 g/mol. The molecule has 2 aliphatic carbocycles. The van der Waals surface area contributed by atoms with Gasteiger partial charge >= 0.3 is 0 Å². The van der Waals surface area contributed by atoms with E-state index in [0.717, 1.165) is 12.8 Å². The highest BCUT2D eigenvalue weighted by atomic mass is 14.7. The molecule has 2 heteroatoms. The Hall–Kier alpha value is -1.70. The summed E-state index contributed by atoms with van der Waals surface area (Å²) in [7, 11) is 0. The quantitative estimate of drug-likeness (QED) is 0.780. The summed E-state index contributed by atoms with van der Waals surface area (Å²) in [6, 6.07) is 4.27. The van der Waals surface area contributed by atoms with Crippen LogP contribution in [0.1, 0.15) is 48.2 Å². The summed E-state index contributed by atoms with van der Waals surface area (Å²) in [5, 5.41) is 0. The van der Waals surface area contributed by atoms with Gasteiger partial charge in [0.2, 0.25) is 0 Å². The van der Waals surface area contributed by atoms with Crippen LogP contribution in [0.15, 0.2) is 24.5 Å². The highest BCUT2D eigenvalue weighted by molar-refractivity contribution is 5.72. The van der Waals surface area contributed by atoms with E-state index in [1.807, 2.05) is 12.4 Å². The fraction of sp³-hybridized carbons (Fsp3) is 0.444. The van der Waals surface area contributed by atoms with Gasteiger partial charge in [-0.3, -0.25) is 9.97 Å². The third-order valence-electron chi connectivity index (χ3n) is 4.70. The summed E-state index contributed by atoms with van der Waals surface area (Å²) >= 11 is 0. The number of aryl methyl sites for hydroxylation is 2. The first-order valence-corrected chi connectivity index (χ1v) is 7.87. The molecule has 2 aromatic rings. The van der Waals surface area contributed by atoms with E-state index >= 15 is 0 Å². The highest BCUT2D eigenvalue weighted by Gasteiger charge is 2.23. The van der Waals surface area contributed by atoms with Gasteiger partial charge in [-0.1, -0.05) is 6.07 Å². The predicted molar refractivity (Wildman–Crippen MR) is 80.8 cm³/mol. The van der Waals surface area contributed by atoms with Crippen molar-refractivity contribution in [3.63, 3.8) is 0 Å². The Balaban J connectivity index is 1.98. The molecular formula is C18H20N2. The standard InChI is InChI=1S/C18H20N2/c1-3-9-16-14(7-1)18(13-6-5-11-19-12-13)15-8-2-4-10-17(15)20-16/h5-6,11-12H,1-4,7-10H2. The van der Waals surface area contributed by atoms with E-state index in [0.29, 0.717) is 0 Å². The van der Waals surface area contributed by atoms with Crippen molar-refractivity contribution in [2.24, 2.45) is 0 Å². The van der Waals surface area contributed by atoms with Crippen LogP contribution in [0.25, 0.3) is 11.1 Å². The molecule has 2 nitrogen and oxygen atoms in total. The van der Waals surface area contributed by atoms with Crippen molar-refractivity contribution in [2.75, 3.05) is 0 Å². The molecule has 0 saturated heterocycles. The van der Waals surface area contributed by atoms with Crippen molar-refractivity contribution < 1.29 is 0 Å². The number of aromatic nitrogens is 2. The average Bonchev–Trinajstić information content (AvgIpc) is 2.53. The molecule has 0 bridgehead atoms. The minimum absolute atomic E-state index is 1.16. The van der Waals surface area contributed by atoms with E-state index in [4.69, 9.17) is 4.98 Å². The lowest BCUT2D eigenvalue weighted by Gasteiger charge is -2.26. The molecule has 0 atom stereocenters. The summed E-state index contributed by atoms with van der Waals surface area (Å²) in [6.45, 7) is 0. The smallest absolute Gasteiger partial charge is 0.0445 e. The lowest BCUT2D eigenvalue weighted by atomic mass is 9.82. The Morgan fingerprint density at radius 3 is 2.05 bits per heavy atom. The van der Waals surface area contributed by atoms with Gasteiger partial charge in [0, 0.05) is 29.3 Å². The Bertz CT molecular complexity index is 597. The van der Waals surface area contributed by atoms with Gasteiger partial charge < -0.3 is 0 Å². The zero-order valence-corrected chi connectivity index (χ0v) is 11.9. The Morgan fingerprint density at radius 1 is 0.800 bits per heavy atom. The van der Waals surface area contributed by atoms with Crippen molar-refractivity contribution in [3.8, 4) is 11.1 Å². The molecule has 20 heavy (non-hydrogen) atoms. The largest absolute Gasteiger partial charge is 0.264 e. The molecule has 0 amide bonds. The van der Waals surface area contributed by atoms with E-state index in [-0.39, 0.29) is 0 Å². The Labute approximate surface area is 120 Å². The van der Waals surface area contributed by atoms with Crippen molar-refractivity contribution >= 4 is 0 Å². The molecule has 2 heterocycles. The molecule has 0 fully saturated rings. The Morgan fingerprint density at radius 2 is 1.45 bits per heavy atom. The van der Waals surface area contributed by atoms with E-state index in [1.165, 1.54) is 72.2 Å². The summed E-state index contributed by atoms with van der Waals surface area (Å²) in [4.78, 5) is 9.36. The summed E-state index contributed by atoms with van der Waals surface area (Å²) in [5.74, 6) is 0. The number of rotatable bonds is 1. The molecule has 4 rings (SSSR count).